The first-order chi connectivity index (χ1) is 10.5. The zero-order valence-corrected chi connectivity index (χ0v) is 13.5. The molecule has 0 heterocycles. The van der Waals surface area contributed by atoms with Gasteiger partial charge in [0.05, 0.1) is 26.2 Å². The van der Waals surface area contributed by atoms with Crippen molar-refractivity contribution in [2.75, 3.05) is 13.7 Å². The second kappa shape index (κ2) is 8.92. The van der Waals surface area contributed by atoms with Gasteiger partial charge in [0.25, 0.3) is 0 Å². The first kappa shape index (κ1) is 17.8. The normalized spacial score (nSPS) is 11.7. The van der Waals surface area contributed by atoms with E-state index in [9.17, 15) is 9.59 Å². The molecule has 0 aliphatic rings. The molecule has 0 fully saturated rings. The molecule has 6 heteroatoms. The standard InChI is InChI=1S/C16H24N2O4/c1-5-22-15(19)10-14(18-16(20)17-11(2)3)12-7-6-8-13(9-12)21-4/h6-9,11,14H,5,10H2,1-4H3,(H2,17,18,20). The summed E-state index contributed by atoms with van der Waals surface area (Å²) in [6.07, 6.45) is 0.0620. The Morgan fingerprint density at radius 2 is 1.95 bits per heavy atom. The van der Waals surface area contributed by atoms with E-state index in [1.54, 1.807) is 26.2 Å². The maximum Gasteiger partial charge on any atom is 0.315 e. The van der Waals surface area contributed by atoms with Gasteiger partial charge >= 0.3 is 12.0 Å². The number of benzene rings is 1. The number of rotatable bonds is 7. The van der Waals surface area contributed by atoms with Crippen molar-refractivity contribution in [3.63, 3.8) is 0 Å². The van der Waals surface area contributed by atoms with Gasteiger partial charge in [-0.05, 0) is 38.5 Å². The van der Waals surface area contributed by atoms with Gasteiger partial charge in [-0.3, -0.25) is 4.79 Å². The Morgan fingerprint density at radius 1 is 1.23 bits per heavy atom. The van der Waals surface area contributed by atoms with E-state index in [1.165, 1.54) is 0 Å². The largest absolute Gasteiger partial charge is 0.497 e. The molecule has 1 aromatic carbocycles. The van der Waals surface area contributed by atoms with Crippen LogP contribution in [0.3, 0.4) is 0 Å². The number of carbonyl (C=O) groups excluding carboxylic acids is 2. The van der Waals surface area contributed by atoms with Crippen molar-refractivity contribution in [1.29, 1.82) is 0 Å². The predicted molar refractivity (Wildman–Crippen MR) is 83.8 cm³/mol. The summed E-state index contributed by atoms with van der Waals surface area (Å²) in [5.74, 6) is 0.303. The molecule has 0 spiro atoms. The monoisotopic (exact) mass is 308 g/mol. The van der Waals surface area contributed by atoms with Crippen LogP contribution in [0.25, 0.3) is 0 Å². The summed E-state index contributed by atoms with van der Waals surface area (Å²) in [5.41, 5.74) is 0.784. The molecule has 1 atom stereocenters. The number of nitrogens with one attached hydrogen (secondary N) is 2. The smallest absolute Gasteiger partial charge is 0.315 e. The highest BCUT2D eigenvalue weighted by atomic mass is 16.5. The molecular weight excluding hydrogens is 284 g/mol. The summed E-state index contributed by atoms with van der Waals surface area (Å²) in [4.78, 5) is 23.7. The van der Waals surface area contributed by atoms with Gasteiger partial charge in [0.2, 0.25) is 0 Å². The minimum Gasteiger partial charge on any atom is -0.497 e. The van der Waals surface area contributed by atoms with Gasteiger partial charge in [0.1, 0.15) is 5.75 Å². The molecule has 6 nitrogen and oxygen atoms in total. The van der Waals surface area contributed by atoms with Crippen molar-refractivity contribution in [2.24, 2.45) is 0 Å². The van der Waals surface area contributed by atoms with Crippen LogP contribution in [0.2, 0.25) is 0 Å². The van der Waals surface area contributed by atoms with Crippen molar-refractivity contribution in [2.45, 2.75) is 39.3 Å². The molecule has 2 amide bonds. The van der Waals surface area contributed by atoms with Crippen LogP contribution in [0.5, 0.6) is 5.75 Å². The lowest BCUT2D eigenvalue weighted by Crippen LogP contribution is -2.41. The first-order valence-corrected chi connectivity index (χ1v) is 7.32. The molecule has 0 saturated carbocycles. The molecule has 0 aliphatic carbocycles. The van der Waals surface area contributed by atoms with Crippen LogP contribution >= 0.6 is 0 Å². The summed E-state index contributed by atoms with van der Waals surface area (Å²) < 4.78 is 10.2. The van der Waals surface area contributed by atoms with Gasteiger partial charge in [-0.1, -0.05) is 12.1 Å². The van der Waals surface area contributed by atoms with Crippen LogP contribution in [0, 0.1) is 0 Å². The summed E-state index contributed by atoms with van der Waals surface area (Å²) >= 11 is 0. The molecule has 1 rings (SSSR count). The van der Waals surface area contributed by atoms with Crippen LogP contribution in [-0.4, -0.2) is 31.8 Å². The van der Waals surface area contributed by atoms with Gasteiger partial charge in [-0.2, -0.15) is 0 Å². The fourth-order valence-electron chi connectivity index (χ4n) is 1.96. The van der Waals surface area contributed by atoms with Gasteiger partial charge < -0.3 is 20.1 Å². The van der Waals surface area contributed by atoms with E-state index in [0.717, 1.165) is 5.56 Å². The van der Waals surface area contributed by atoms with E-state index in [2.05, 4.69) is 10.6 Å². The lowest BCUT2D eigenvalue weighted by atomic mass is 10.0. The van der Waals surface area contributed by atoms with Gasteiger partial charge in [-0.15, -0.1) is 0 Å². The Balaban J connectivity index is 2.89. The van der Waals surface area contributed by atoms with Gasteiger partial charge in [0.15, 0.2) is 0 Å². The minimum atomic E-state index is -0.479. The van der Waals surface area contributed by atoms with Gasteiger partial charge in [0, 0.05) is 6.04 Å². The highest BCUT2D eigenvalue weighted by Gasteiger charge is 2.20. The molecule has 0 saturated heterocycles. The maximum atomic E-state index is 11.9. The molecule has 1 unspecified atom stereocenters. The predicted octanol–water partition coefficient (Wildman–Crippen LogP) is 2.40. The zero-order valence-electron chi connectivity index (χ0n) is 13.5. The molecule has 122 valence electrons. The Bertz CT molecular complexity index is 503. The molecular formula is C16H24N2O4. The summed E-state index contributed by atoms with van der Waals surface area (Å²) in [6.45, 7) is 5.79. The van der Waals surface area contributed by atoms with Crippen LogP contribution < -0.4 is 15.4 Å². The Kier molecular flexibility index (Phi) is 7.22. The Labute approximate surface area is 131 Å². The minimum absolute atomic E-state index is 0.00792. The summed E-state index contributed by atoms with van der Waals surface area (Å²) in [7, 11) is 1.57. The maximum absolute atomic E-state index is 11.9. The van der Waals surface area contributed by atoms with Crippen molar-refractivity contribution in [3.8, 4) is 5.75 Å². The molecule has 22 heavy (non-hydrogen) atoms. The summed E-state index contributed by atoms with van der Waals surface area (Å²) in [5, 5.41) is 5.54. The van der Waals surface area contributed by atoms with Crippen molar-refractivity contribution < 1.29 is 19.1 Å². The SMILES string of the molecule is CCOC(=O)CC(NC(=O)NC(C)C)c1cccc(OC)c1. The van der Waals surface area contributed by atoms with Crippen LogP contribution in [-0.2, 0) is 9.53 Å². The Hall–Kier alpha value is -2.24. The third-order valence-corrected chi connectivity index (χ3v) is 2.90. The van der Waals surface area contributed by atoms with Crippen molar-refractivity contribution in [3.05, 3.63) is 29.8 Å². The highest BCUT2D eigenvalue weighted by Crippen LogP contribution is 2.22. The molecule has 0 radical (unpaired) electrons. The van der Waals surface area contributed by atoms with Crippen LogP contribution in [0.1, 0.15) is 38.8 Å². The fourth-order valence-corrected chi connectivity index (χ4v) is 1.96. The average Bonchev–Trinajstić information content (AvgIpc) is 2.46. The van der Waals surface area contributed by atoms with E-state index in [4.69, 9.17) is 9.47 Å². The lowest BCUT2D eigenvalue weighted by molar-refractivity contribution is -0.143. The van der Waals surface area contributed by atoms with E-state index in [1.807, 2.05) is 26.0 Å². The number of ether oxygens (including phenoxy) is 2. The van der Waals surface area contributed by atoms with Crippen molar-refractivity contribution >= 4 is 12.0 Å². The van der Waals surface area contributed by atoms with Crippen LogP contribution in [0.4, 0.5) is 4.79 Å². The topological polar surface area (TPSA) is 76.7 Å². The fraction of sp³-hybridized carbons (Fsp3) is 0.500. The third-order valence-electron chi connectivity index (χ3n) is 2.90. The van der Waals surface area contributed by atoms with Gasteiger partial charge in [-0.25, -0.2) is 4.79 Å². The average molecular weight is 308 g/mol. The van der Waals surface area contributed by atoms with Crippen LogP contribution in [0.15, 0.2) is 24.3 Å². The number of amides is 2. The third kappa shape index (κ3) is 6.03. The summed E-state index contributed by atoms with van der Waals surface area (Å²) in [6, 6.07) is 6.45. The first-order valence-electron chi connectivity index (χ1n) is 7.32. The number of urea groups is 1. The quantitative estimate of drug-likeness (QED) is 0.758. The highest BCUT2D eigenvalue weighted by molar-refractivity contribution is 5.76. The Morgan fingerprint density at radius 3 is 2.55 bits per heavy atom. The number of carbonyl (C=O) groups is 2. The second-order valence-electron chi connectivity index (χ2n) is 5.11. The van der Waals surface area contributed by atoms with Crippen molar-refractivity contribution in [1.82, 2.24) is 10.6 Å². The molecule has 0 aliphatic heterocycles. The molecule has 2 N–H and O–H groups in total. The molecule has 0 aromatic heterocycles. The second-order valence-corrected chi connectivity index (χ2v) is 5.11. The van der Waals surface area contributed by atoms with E-state index in [0.29, 0.717) is 12.4 Å². The van der Waals surface area contributed by atoms with E-state index >= 15 is 0 Å². The number of hydrogen-bond donors (Lipinski definition) is 2. The number of methoxy groups -OCH3 is 1. The molecule has 0 bridgehead atoms. The number of esters is 1. The number of hydrogen-bond acceptors (Lipinski definition) is 4. The van der Waals surface area contributed by atoms with E-state index in [-0.39, 0.29) is 24.5 Å². The lowest BCUT2D eigenvalue weighted by Gasteiger charge is -2.20. The zero-order chi connectivity index (χ0) is 16.5. The van der Waals surface area contributed by atoms with E-state index < -0.39 is 6.04 Å². The molecule has 1 aromatic rings.